The van der Waals surface area contributed by atoms with Gasteiger partial charge in [-0.25, -0.2) is 13.8 Å². The minimum atomic E-state index is -1.63. The molecule has 1 atom stereocenters. The molecule has 0 fully saturated rings. The van der Waals surface area contributed by atoms with E-state index in [1.807, 2.05) is 0 Å². The van der Waals surface area contributed by atoms with E-state index < -0.39 is 18.0 Å². The molecule has 0 unspecified atom stereocenters. The van der Waals surface area contributed by atoms with Crippen LogP contribution in [0.2, 0.25) is 5.02 Å². The van der Waals surface area contributed by atoms with E-state index in [1.54, 1.807) is 13.0 Å². The van der Waals surface area contributed by atoms with Gasteiger partial charge < -0.3 is 10.5 Å². The number of carbonyl (C=O) groups excluding carboxylic acids is 1. The number of allylic oxidation sites excluding steroid dienone is 1. The van der Waals surface area contributed by atoms with E-state index >= 15 is 0 Å². The van der Waals surface area contributed by atoms with Gasteiger partial charge in [-0.15, -0.1) is 0 Å². The molecular formula is C19H16ClF2N3O2. The van der Waals surface area contributed by atoms with Gasteiger partial charge in [0.1, 0.15) is 29.5 Å². The van der Waals surface area contributed by atoms with Gasteiger partial charge in [0.2, 0.25) is 0 Å². The van der Waals surface area contributed by atoms with Crippen LogP contribution in [0.5, 0.6) is 0 Å². The van der Waals surface area contributed by atoms with Crippen molar-refractivity contribution in [1.29, 1.82) is 0 Å². The number of amidine groups is 1. The Morgan fingerprint density at radius 3 is 2.74 bits per heavy atom. The van der Waals surface area contributed by atoms with Gasteiger partial charge in [0, 0.05) is 18.2 Å². The molecule has 0 aliphatic carbocycles. The second-order valence-corrected chi connectivity index (χ2v) is 6.58. The first-order chi connectivity index (χ1) is 12.8. The van der Waals surface area contributed by atoms with Crippen LogP contribution < -0.4 is 5.73 Å². The molecule has 0 saturated carbocycles. The predicted molar refractivity (Wildman–Crippen MR) is 97.8 cm³/mol. The van der Waals surface area contributed by atoms with Crippen molar-refractivity contribution < 1.29 is 18.3 Å². The zero-order valence-corrected chi connectivity index (χ0v) is 15.1. The number of hydrogen-bond acceptors (Lipinski definition) is 5. The first-order valence-corrected chi connectivity index (χ1v) is 8.43. The Hall–Kier alpha value is -2.80. The van der Waals surface area contributed by atoms with Crippen molar-refractivity contribution in [3.8, 4) is 0 Å². The van der Waals surface area contributed by atoms with Crippen molar-refractivity contribution in [2.24, 2.45) is 10.7 Å². The molecule has 1 aromatic carbocycles. The van der Waals surface area contributed by atoms with E-state index in [-0.39, 0.29) is 29.5 Å². The van der Waals surface area contributed by atoms with Gasteiger partial charge in [-0.3, -0.25) is 9.78 Å². The minimum Gasteiger partial charge on any atom is -0.431 e. The summed E-state index contributed by atoms with van der Waals surface area (Å²) in [5.41, 5.74) is 4.67. The highest BCUT2D eigenvalue weighted by Crippen LogP contribution is 2.35. The van der Waals surface area contributed by atoms with Crippen molar-refractivity contribution in [3.05, 3.63) is 76.0 Å². The van der Waals surface area contributed by atoms with Crippen LogP contribution in [0.1, 0.15) is 28.5 Å². The number of aromatic nitrogens is 1. The lowest BCUT2D eigenvalue weighted by Crippen LogP contribution is -2.34. The largest absolute Gasteiger partial charge is 0.431 e. The van der Waals surface area contributed by atoms with Crippen LogP contribution in [0.4, 0.5) is 8.78 Å². The van der Waals surface area contributed by atoms with Gasteiger partial charge >= 0.3 is 0 Å². The Bertz CT molecular complexity index is 924. The van der Waals surface area contributed by atoms with Crippen LogP contribution in [0.15, 0.2) is 53.4 Å². The fourth-order valence-corrected chi connectivity index (χ4v) is 3.00. The number of carbonyl (C=O) groups is 1. The lowest BCUT2D eigenvalue weighted by atomic mass is 9.88. The van der Waals surface area contributed by atoms with Crippen LogP contribution in [0.3, 0.4) is 0 Å². The van der Waals surface area contributed by atoms with E-state index in [1.165, 1.54) is 36.5 Å². The van der Waals surface area contributed by atoms with Gasteiger partial charge in [0.25, 0.3) is 6.02 Å². The summed E-state index contributed by atoms with van der Waals surface area (Å²) in [7, 11) is 0. The maximum Gasteiger partial charge on any atom is 0.288 e. The second-order valence-electron chi connectivity index (χ2n) is 6.14. The average molecular weight is 392 g/mol. The van der Waals surface area contributed by atoms with Crippen LogP contribution >= 0.6 is 11.6 Å². The van der Waals surface area contributed by atoms with Gasteiger partial charge in [0.15, 0.2) is 5.78 Å². The number of aliphatic imine (C=N–C) groups is 1. The zero-order valence-electron chi connectivity index (χ0n) is 14.4. The molecule has 1 aliphatic heterocycles. The number of benzene rings is 1. The zero-order chi connectivity index (χ0) is 19.6. The highest BCUT2D eigenvalue weighted by molar-refractivity contribution is 6.30. The Labute approximate surface area is 159 Å². The molecule has 0 spiro atoms. The van der Waals surface area contributed by atoms with Crippen molar-refractivity contribution in [2.45, 2.75) is 18.9 Å². The number of nitrogens with zero attached hydrogens (tertiary/aromatic N) is 2. The Morgan fingerprint density at radius 1 is 1.33 bits per heavy atom. The number of halogens is 3. The van der Waals surface area contributed by atoms with Crippen molar-refractivity contribution in [3.63, 3.8) is 0 Å². The number of Topliss-reactive ketones (excluding diaryl/α,β-unsaturated/α-hetero) is 1. The SMILES string of the molecule is CC1=C[C@@](CF)(c2cc(CC(=O)c3ccc(Cl)cn3)ccc2F)N=C(N)O1. The molecule has 0 amide bonds. The molecule has 27 heavy (non-hydrogen) atoms. The number of nitrogens with two attached hydrogens (primary N) is 1. The number of pyridine rings is 1. The monoisotopic (exact) mass is 391 g/mol. The van der Waals surface area contributed by atoms with Crippen molar-refractivity contribution in [2.75, 3.05) is 6.67 Å². The molecule has 3 rings (SSSR count). The van der Waals surface area contributed by atoms with E-state index in [4.69, 9.17) is 22.1 Å². The van der Waals surface area contributed by atoms with E-state index in [2.05, 4.69) is 9.98 Å². The average Bonchev–Trinajstić information content (AvgIpc) is 2.62. The number of alkyl halides is 1. The number of ether oxygens (including phenoxy) is 1. The summed E-state index contributed by atoms with van der Waals surface area (Å²) in [4.78, 5) is 20.3. The molecule has 2 heterocycles. The summed E-state index contributed by atoms with van der Waals surface area (Å²) in [6.45, 7) is 0.560. The normalized spacial score (nSPS) is 19.1. The number of ketones is 1. The highest BCUT2D eigenvalue weighted by atomic mass is 35.5. The fraction of sp³-hybridized carbons (Fsp3) is 0.211. The van der Waals surface area contributed by atoms with Gasteiger partial charge in [-0.05, 0) is 42.8 Å². The summed E-state index contributed by atoms with van der Waals surface area (Å²) in [5.74, 6) is -0.623. The van der Waals surface area contributed by atoms with Gasteiger partial charge in [-0.1, -0.05) is 17.7 Å². The first kappa shape index (κ1) is 19.0. The van der Waals surface area contributed by atoms with Gasteiger partial charge in [-0.2, -0.15) is 0 Å². The Balaban J connectivity index is 1.96. The van der Waals surface area contributed by atoms with Crippen LogP contribution in [-0.4, -0.2) is 23.5 Å². The van der Waals surface area contributed by atoms with E-state index in [0.717, 1.165) is 0 Å². The molecule has 0 saturated heterocycles. The smallest absolute Gasteiger partial charge is 0.288 e. The van der Waals surface area contributed by atoms with Crippen LogP contribution in [0.25, 0.3) is 0 Å². The Kier molecular flexibility index (Phi) is 5.23. The van der Waals surface area contributed by atoms with E-state index in [0.29, 0.717) is 16.3 Å². The van der Waals surface area contributed by atoms with Gasteiger partial charge in [0.05, 0.1) is 5.02 Å². The summed E-state index contributed by atoms with van der Waals surface area (Å²) < 4.78 is 33.5. The molecule has 0 bridgehead atoms. The molecule has 8 heteroatoms. The lowest BCUT2D eigenvalue weighted by Gasteiger charge is -2.29. The van der Waals surface area contributed by atoms with Crippen LogP contribution in [0, 0.1) is 5.82 Å². The standard InChI is InChI=1S/C19H16ClF2N3O2/c1-11-8-19(10-21,25-18(23)27-11)14-6-12(2-4-15(14)22)7-17(26)16-5-3-13(20)9-24-16/h2-6,8-9H,7,10H2,1H3,(H2,23,25)/t19-/m1/s1. The molecule has 1 aromatic heterocycles. The lowest BCUT2D eigenvalue weighted by molar-refractivity contribution is 0.0988. The summed E-state index contributed by atoms with van der Waals surface area (Å²) in [5, 5.41) is 0.414. The van der Waals surface area contributed by atoms with Crippen molar-refractivity contribution in [1.82, 2.24) is 4.98 Å². The van der Waals surface area contributed by atoms with Crippen molar-refractivity contribution >= 4 is 23.4 Å². The second kappa shape index (κ2) is 7.44. The number of hydrogen-bond donors (Lipinski definition) is 1. The summed E-state index contributed by atoms with van der Waals surface area (Å²) in [6, 6.07) is 6.86. The highest BCUT2D eigenvalue weighted by Gasteiger charge is 2.36. The maximum atomic E-state index is 14.5. The molecule has 2 aromatic rings. The predicted octanol–water partition coefficient (Wildman–Crippen LogP) is 3.71. The molecular weight excluding hydrogens is 376 g/mol. The summed E-state index contributed by atoms with van der Waals surface area (Å²) in [6.07, 6.45) is 2.70. The third-order valence-corrected chi connectivity index (χ3v) is 4.32. The molecule has 140 valence electrons. The third kappa shape index (κ3) is 3.98. The van der Waals surface area contributed by atoms with E-state index in [9.17, 15) is 13.6 Å². The Morgan fingerprint density at radius 2 is 2.11 bits per heavy atom. The molecule has 2 N–H and O–H groups in total. The minimum absolute atomic E-state index is 0.0232. The third-order valence-electron chi connectivity index (χ3n) is 4.10. The first-order valence-electron chi connectivity index (χ1n) is 8.05. The molecule has 0 radical (unpaired) electrons. The maximum absolute atomic E-state index is 14.5. The molecule has 1 aliphatic rings. The summed E-state index contributed by atoms with van der Waals surface area (Å²) >= 11 is 5.77. The number of rotatable bonds is 5. The fourth-order valence-electron chi connectivity index (χ4n) is 2.89. The topological polar surface area (TPSA) is 77.6 Å². The van der Waals surface area contributed by atoms with Crippen LogP contribution in [-0.2, 0) is 16.7 Å². The molecule has 5 nitrogen and oxygen atoms in total. The quantitative estimate of drug-likeness (QED) is 0.788.